The summed E-state index contributed by atoms with van der Waals surface area (Å²) in [4.78, 5) is 35.1. The van der Waals surface area contributed by atoms with E-state index < -0.39 is 0 Å². The molecular weight excluding hydrogens is 318 g/mol. The van der Waals surface area contributed by atoms with Crippen LogP contribution in [-0.2, 0) is 9.59 Å². The highest BCUT2D eigenvalue weighted by atomic mass is 16.2. The molecule has 6 heteroatoms. The molecule has 0 heterocycles. The maximum Gasteiger partial charge on any atom is 0.255 e. The third-order valence-electron chi connectivity index (χ3n) is 3.38. The number of nitrogens with one attached hydrogen (secondary N) is 3. The number of carbonyl (C=O) groups is 3. The molecule has 0 saturated heterocycles. The van der Waals surface area contributed by atoms with E-state index in [1.807, 2.05) is 0 Å². The van der Waals surface area contributed by atoms with Crippen molar-refractivity contribution in [2.45, 2.75) is 20.8 Å². The van der Waals surface area contributed by atoms with E-state index >= 15 is 0 Å². The van der Waals surface area contributed by atoms with E-state index in [2.05, 4.69) is 16.0 Å². The average molecular weight is 339 g/mol. The summed E-state index contributed by atoms with van der Waals surface area (Å²) >= 11 is 0. The summed E-state index contributed by atoms with van der Waals surface area (Å²) in [5.74, 6) is -0.685. The van der Waals surface area contributed by atoms with E-state index in [-0.39, 0.29) is 23.6 Å². The molecule has 0 fully saturated rings. The minimum absolute atomic E-state index is 0.105. The highest BCUT2D eigenvalue weighted by Gasteiger charge is 2.10. The molecule has 2 rings (SSSR count). The third-order valence-corrected chi connectivity index (χ3v) is 3.38. The Morgan fingerprint density at radius 2 is 1.40 bits per heavy atom. The molecule has 0 atom stereocenters. The second-order valence-electron chi connectivity index (χ2n) is 5.94. The lowest BCUT2D eigenvalue weighted by molar-refractivity contribution is -0.119. The van der Waals surface area contributed by atoms with Crippen LogP contribution in [0.5, 0.6) is 0 Å². The third kappa shape index (κ3) is 5.46. The van der Waals surface area contributed by atoms with Crippen LogP contribution in [0.4, 0.5) is 17.1 Å². The normalized spacial score (nSPS) is 10.2. The Morgan fingerprint density at radius 1 is 0.800 bits per heavy atom. The molecule has 0 spiro atoms. The van der Waals surface area contributed by atoms with Crippen LogP contribution in [0.1, 0.15) is 31.1 Å². The Hall–Kier alpha value is -3.15. The Balaban J connectivity index is 2.05. The van der Waals surface area contributed by atoms with Crippen molar-refractivity contribution in [3.05, 3.63) is 54.1 Å². The molecule has 6 nitrogen and oxygen atoms in total. The summed E-state index contributed by atoms with van der Waals surface area (Å²) in [5.41, 5.74) is 2.28. The minimum atomic E-state index is -0.284. The zero-order chi connectivity index (χ0) is 18.4. The van der Waals surface area contributed by atoms with Gasteiger partial charge in [-0.25, -0.2) is 0 Å². The summed E-state index contributed by atoms with van der Waals surface area (Å²) in [6, 6.07) is 13.6. The zero-order valence-corrected chi connectivity index (χ0v) is 14.4. The number of benzene rings is 2. The van der Waals surface area contributed by atoms with E-state index in [4.69, 9.17) is 0 Å². The van der Waals surface area contributed by atoms with Crippen LogP contribution in [0, 0.1) is 5.92 Å². The van der Waals surface area contributed by atoms with Gasteiger partial charge in [0.2, 0.25) is 11.8 Å². The fraction of sp³-hybridized carbons (Fsp3) is 0.211. The maximum absolute atomic E-state index is 12.4. The highest BCUT2D eigenvalue weighted by molar-refractivity contribution is 6.05. The van der Waals surface area contributed by atoms with Gasteiger partial charge in [-0.2, -0.15) is 0 Å². The van der Waals surface area contributed by atoms with Crippen molar-refractivity contribution in [2.24, 2.45) is 5.92 Å². The van der Waals surface area contributed by atoms with E-state index in [0.717, 1.165) is 0 Å². The van der Waals surface area contributed by atoms with Gasteiger partial charge in [0, 0.05) is 35.5 Å². The highest BCUT2D eigenvalue weighted by Crippen LogP contribution is 2.16. The van der Waals surface area contributed by atoms with Crippen LogP contribution in [-0.4, -0.2) is 17.7 Å². The van der Waals surface area contributed by atoms with E-state index in [0.29, 0.717) is 22.6 Å². The summed E-state index contributed by atoms with van der Waals surface area (Å²) in [7, 11) is 0. The van der Waals surface area contributed by atoms with Crippen LogP contribution in [0.25, 0.3) is 0 Å². The first-order valence-electron chi connectivity index (χ1n) is 7.95. The molecule has 3 amide bonds. The molecule has 2 aromatic carbocycles. The zero-order valence-electron chi connectivity index (χ0n) is 14.4. The number of rotatable bonds is 5. The standard InChI is InChI=1S/C19H21N3O3/c1-12(2)18(24)22-17-6-4-5-14(11-17)19(25)21-16-9-7-15(8-10-16)20-13(3)23/h4-12H,1-3H3,(H,20,23)(H,21,25)(H,22,24). The predicted molar refractivity (Wildman–Crippen MR) is 98.6 cm³/mol. The van der Waals surface area contributed by atoms with Crippen molar-refractivity contribution in [3.63, 3.8) is 0 Å². The van der Waals surface area contributed by atoms with Gasteiger partial charge in [0.25, 0.3) is 5.91 Å². The lowest BCUT2D eigenvalue weighted by Gasteiger charge is -2.10. The summed E-state index contributed by atoms with van der Waals surface area (Å²) in [6.07, 6.45) is 0. The fourth-order valence-corrected chi connectivity index (χ4v) is 2.07. The molecule has 0 aliphatic rings. The maximum atomic E-state index is 12.4. The van der Waals surface area contributed by atoms with Gasteiger partial charge in [-0.1, -0.05) is 19.9 Å². The van der Waals surface area contributed by atoms with Crippen LogP contribution < -0.4 is 16.0 Å². The Bertz CT molecular complexity index is 783. The van der Waals surface area contributed by atoms with Crippen molar-refractivity contribution in [1.82, 2.24) is 0 Å². The van der Waals surface area contributed by atoms with Crippen LogP contribution >= 0.6 is 0 Å². The van der Waals surface area contributed by atoms with Crippen LogP contribution in [0.3, 0.4) is 0 Å². The van der Waals surface area contributed by atoms with Gasteiger partial charge in [0.1, 0.15) is 0 Å². The Kier molecular flexibility index (Phi) is 5.89. The van der Waals surface area contributed by atoms with Gasteiger partial charge >= 0.3 is 0 Å². The number of amides is 3. The number of hydrogen-bond acceptors (Lipinski definition) is 3. The molecule has 0 unspecified atom stereocenters. The summed E-state index contributed by atoms with van der Waals surface area (Å²) in [6.45, 7) is 5.04. The fourth-order valence-electron chi connectivity index (χ4n) is 2.07. The Labute approximate surface area is 146 Å². The molecule has 0 aliphatic carbocycles. The van der Waals surface area contributed by atoms with Crippen LogP contribution in [0.15, 0.2) is 48.5 Å². The topological polar surface area (TPSA) is 87.3 Å². The average Bonchev–Trinajstić information content (AvgIpc) is 2.56. The lowest BCUT2D eigenvalue weighted by atomic mass is 10.1. The van der Waals surface area contributed by atoms with E-state index in [1.165, 1.54) is 6.92 Å². The largest absolute Gasteiger partial charge is 0.326 e. The molecule has 0 saturated carbocycles. The van der Waals surface area contributed by atoms with Crippen LogP contribution in [0.2, 0.25) is 0 Å². The first-order valence-corrected chi connectivity index (χ1v) is 7.95. The second-order valence-corrected chi connectivity index (χ2v) is 5.94. The molecular formula is C19H21N3O3. The quantitative estimate of drug-likeness (QED) is 0.779. The van der Waals surface area contributed by atoms with E-state index in [9.17, 15) is 14.4 Å². The first-order chi connectivity index (χ1) is 11.8. The Morgan fingerprint density at radius 3 is 1.96 bits per heavy atom. The van der Waals surface area contributed by atoms with E-state index in [1.54, 1.807) is 62.4 Å². The molecule has 25 heavy (non-hydrogen) atoms. The molecule has 130 valence electrons. The monoisotopic (exact) mass is 339 g/mol. The van der Waals surface area contributed by atoms with Gasteiger partial charge in [-0.05, 0) is 42.5 Å². The van der Waals surface area contributed by atoms with Crippen molar-refractivity contribution in [1.29, 1.82) is 0 Å². The number of hydrogen-bond donors (Lipinski definition) is 3. The van der Waals surface area contributed by atoms with Gasteiger partial charge in [-0.3, -0.25) is 14.4 Å². The summed E-state index contributed by atoms with van der Waals surface area (Å²) < 4.78 is 0. The van der Waals surface area contributed by atoms with Gasteiger partial charge in [0.05, 0.1) is 0 Å². The van der Waals surface area contributed by atoms with Crippen molar-refractivity contribution < 1.29 is 14.4 Å². The molecule has 3 N–H and O–H groups in total. The lowest BCUT2D eigenvalue weighted by Crippen LogP contribution is -2.18. The SMILES string of the molecule is CC(=O)Nc1ccc(NC(=O)c2cccc(NC(=O)C(C)C)c2)cc1. The minimum Gasteiger partial charge on any atom is -0.326 e. The molecule has 0 bridgehead atoms. The van der Waals surface area contributed by atoms with Crippen molar-refractivity contribution in [2.75, 3.05) is 16.0 Å². The first kappa shape index (κ1) is 18.2. The summed E-state index contributed by atoms with van der Waals surface area (Å²) in [5, 5.41) is 8.20. The second kappa shape index (κ2) is 8.10. The van der Waals surface area contributed by atoms with Crippen molar-refractivity contribution in [3.8, 4) is 0 Å². The molecule has 0 radical (unpaired) electrons. The number of anilines is 3. The van der Waals surface area contributed by atoms with Gasteiger partial charge < -0.3 is 16.0 Å². The molecule has 2 aromatic rings. The van der Waals surface area contributed by atoms with Gasteiger partial charge in [0.15, 0.2) is 0 Å². The smallest absolute Gasteiger partial charge is 0.255 e. The van der Waals surface area contributed by atoms with Gasteiger partial charge in [-0.15, -0.1) is 0 Å². The predicted octanol–water partition coefficient (Wildman–Crippen LogP) is 3.49. The van der Waals surface area contributed by atoms with Crippen molar-refractivity contribution >= 4 is 34.8 Å². The molecule has 0 aliphatic heterocycles. The molecule has 0 aromatic heterocycles. The number of carbonyl (C=O) groups excluding carboxylic acids is 3.